The molecule has 1 unspecified atom stereocenters. The molecule has 0 spiro atoms. The summed E-state index contributed by atoms with van der Waals surface area (Å²) in [5.41, 5.74) is 2.66. The molecule has 0 aliphatic heterocycles. The standard InChI is InChI=1S/C22H26N6O4S2/c1-4-16(18-12-33-22(26-18)28-34(30,31)15-6-7-15)21(29)27-20-13(3)8-14(9-24-20)17-10-23-11-19(25-17)32-5-2/h8-12,15-16H,4-7H2,1-3H3,(H,26,28)(H,24,27,29). The van der Waals surface area contributed by atoms with E-state index >= 15 is 0 Å². The molecule has 12 heteroatoms. The first-order chi connectivity index (χ1) is 16.3. The van der Waals surface area contributed by atoms with Crippen LogP contribution in [-0.4, -0.2) is 46.1 Å². The molecule has 1 aliphatic rings. The molecule has 3 heterocycles. The van der Waals surface area contributed by atoms with Crippen molar-refractivity contribution in [2.45, 2.75) is 51.2 Å². The first kappa shape index (κ1) is 24.0. The first-order valence-corrected chi connectivity index (χ1v) is 13.4. The van der Waals surface area contributed by atoms with Gasteiger partial charge in [0.2, 0.25) is 21.8 Å². The van der Waals surface area contributed by atoms with Crippen molar-refractivity contribution in [3.63, 3.8) is 0 Å². The number of carbonyl (C=O) groups is 1. The number of pyridine rings is 1. The minimum atomic E-state index is -3.40. The Balaban J connectivity index is 1.46. The van der Waals surface area contributed by atoms with E-state index in [0.717, 1.165) is 11.1 Å². The van der Waals surface area contributed by atoms with Crippen LogP contribution in [0.15, 0.2) is 30.0 Å². The van der Waals surface area contributed by atoms with Crippen LogP contribution in [0.1, 0.15) is 50.3 Å². The zero-order valence-electron chi connectivity index (χ0n) is 19.1. The summed E-state index contributed by atoms with van der Waals surface area (Å²) in [6.45, 7) is 6.09. The third kappa shape index (κ3) is 5.50. The van der Waals surface area contributed by atoms with Crippen LogP contribution < -0.4 is 14.8 Å². The summed E-state index contributed by atoms with van der Waals surface area (Å²) in [6, 6.07) is 1.87. The van der Waals surface area contributed by atoms with Crippen molar-refractivity contribution < 1.29 is 17.9 Å². The predicted molar refractivity (Wildman–Crippen MR) is 131 cm³/mol. The fourth-order valence-electron chi connectivity index (χ4n) is 3.36. The number of amides is 1. The Morgan fingerprint density at radius 2 is 2.03 bits per heavy atom. The van der Waals surface area contributed by atoms with E-state index in [1.54, 1.807) is 24.0 Å². The first-order valence-electron chi connectivity index (χ1n) is 11.0. The van der Waals surface area contributed by atoms with Crippen LogP contribution in [0.4, 0.5) is 10.9 Å². The van der Waals surface area contributed by atoms with E-state index in [4.69, 9.17) is 4.74 Å². The average Bonchev–Trinajstić information content (AvgIpc) is 3.58. The molecule has 1 aliphatic carbocycles. The number of sulfonamides is 1. The summed E-state index contributed by atoms with van der Waals surface area (Å²) < 4.78 is 32.2. The maximum absolute atomic E-state index is 13.0. The third-order valence-electron chi connectivity index (χ3n) is 5.32. The molecule has 0 radical (unpaired) electrons. The third-order valence-corrected chi connectivity index (χ3v) is 8.05. The van der Waals surface area contributed by atoms with Crippen molar-refractivity contribution in [3.05, 3.63) is 41.3 Å². The molecule has 34 heavy (non-hydrogen) atoms. The molecule has 3 aromatic heterocycles. The summed E-state index contributed by atoms with van der Waals surface area (Å²) in [5, 5.41) is 4.53. The van der Waals surface area contributed by atoms with Gasteiger partial charge in [-0.3, -0.25) is 14.5 Å². The van der Waals surface area contributed by atoms with Crippen molar-refractivity contribution in [1.82, 2.24) is 19.9 Å². The number of aromatic nitrogens is 4. The quantitative estimate of drug-likeness (QED) is 0.428. The van der Waals surface area contributed by atoms with Gasteiger partial charge in [0.15, 0.2) is 5.13 Å². The van der Waals surface area contributed by atoms with Crippen molar-refractivity contribution in [1.29, 1.82) is 0 Å². The van der Waals surface area contributed by atoms with Gasteiger partial charge in [0.1, 0.15) is 5.82 Å². The molecule has 1 amide bonds. The molecule has 0 bridgehead atoms. The highest BCUT2D eigenvalue weighted by Crippen LogP contribution is 2.32. The van der Waals surface area contributed by atoms with Gasteiger partial charge in [0.05, 0.1) is 41.6 Å². The maximum atomic E-state index is 13.0. The molecule has 10 nitrogen and oxygen atoms in total. The van der Waals surface area contributed by atoms with Crippen LogP contribution in [0.5, 0.6) is 5.88 Å². The Labute approximate surface area is 202 Å². The summed E-state index contributed by atoms with van der Waals surface area (Å²) in [6.07, 6.45) is 6.64. The summed E-state index contributed by atoms with van der Waals surface area (Å²) in [4.78, 5) is 30.4. The normalized spacial score (nSPS) is 14.4. The van der Waals surface area contributed by atoms with Gasteiger partial charge in [0.25, 0.3) is 0 Å². The minimum absolute atomic E-state index is 0.258. The van der Waals surface area contributed by atoms with E-state index in [1.807, 2.05) is 26.8 Å². The molecule has 0 aromatic carbocycles. The minimum Gasteiger partial charge on any atom is -0.477 e. The fraction of sp³-hybridized carbons (Fsp3) is 0.409. The van der Waals surface area contributed by atoms with E-state index in [9.17, 15) is 13.2 Å². The Morgan fingerprint density at radius 3 is 2.71 bits per heavy atom. The number of nitrogens with zero attached hydrogens (tertiary/aromatic N) is 4. The van der Waals surface area contributed by atoms with E-state index in [2.05, 4.69) is 30.0 Å². The van der Waals surface area contributed by atoms with E-state index in [0.29, 0.717) is 49.0 Å². The van der Waals surface area contributed by atoms with Crippen LogP contribution in [0.25, 0.3) is 11.3 Å². The molecule has 2 N–H and O–H groups in total. The molecule has 0 saturated heterocycles. The van der Waals surface area contributed by atoms with Gasteiger partial charge in [0, 0.05) is 17.1 Å². The van der Waals surface area contributed by atoms with Crippen LogP contribution in [0.3, 0.4) is 0 Å². The molecule has 180 valence electrons. The molecule has 1 atom stereocenters. The Kier molecular flexibility index (Phi) is 7.08. The lowest BCUT2D eigenvalue weighted by Gasteiger charge is -2.14. The SMILES string of the molecule is CCOc1cncc(-c2cnc(NC(=O)C(CC)c3csc(NS(=O)(=O)C4CC4)n3)c(C)c2)n1. The van der Waals surface area contributed by atoms with Gasteiger partial charge in [-0.2, -0.15) is 0 Å². The van der Waals surface area contributed by atoms with Crippen molar-refractivity contribution in [2.24, 2.45) is 0 Å². The van der Waals surface area contributed by atoms with Gasteiger partial charge in [-0.1, -0.05) is 6.92 Å². The lowest BCUT2D eigenvalue weighted by atomic mass is 10.0. The lowest BCUT2D eigenvalue weighted by Crippen LogP contribution is -2.22. The van der Waals surface area contributed by atoms with Gasteiger partial charge in [-0.05, 0) is 44.7 Å². The van der Waals surface area contributed by atoms with E-state index in [-0.39, 0.29) is 16.3 Å². The topological polar surface area (TPSA) is 136 Å². The number of carbonyl (C=O) groups excluding carboxylic acids is 1. The lowest BCUT2D eigenvalue weighted by molar-refractivity contribution is -0.117. The van der Waals surface area contributed by atoms with Gasteiger partial charge in [-0.15, -0.1) is 11.3 Å². The van der Waals surface area contributed by atoms with Gasteiger partial charge >= 0.3 is 0 Å². The smallest absolute Gasteiger partial charge is 0.237 e. The second-order valence-corrected chi connectivity index (χ2v) is 10.8. The summed E-state index contributed by atoms with van der Waals surface area (Å²) in [5.74, 6) is 0.0739. The van der Waals surface area contributed by atoms with Crippen LogP contribution in [0, 0.1) is 6.92 Å². The Morgan fingerprint density at radius 1 is 1.24 bits per heavy atom. The molecular formula is C22H26N6O4S2. The highest BCUT2D eigenvalue weighted by Gasteiger charge is 2.36. The molecule has 1 saturated carbocycles. The number of rotatable bonds is 10. The van der Waals surface area contributed by atoms with Crippen LogP contribution in [0.2, 0.25) is 0 Å². The summed E-state index contributed by atoms with van der Waals surface area (Å²) >= 11 is 1.18. The molecule has 1 fully saturated rings. The zero-order valence-corrected chi connectivity index (χ0v) is 20.7. The monoisotopic (exact) mass is 502 g/mol. The van der Waals surface area contributed by atoms with E-state index < -0.39 is 15.9 Å². The van der Waals surface area contributed by atoms with E-state index in [1.165, 1.54) is 11.3 Å². The number of anilines is 2. The van der Waals surface area contributed by atoms with Crippen LogP contribution in [-0.2, 0) is 14.8 Å². The average molecular weight is 503 g/mol. The molecule has 3 aromatic rings. The second-order valence-electron chi connectivity index (χ2n) is 7.94. The van der Waals surface area contributed by atoms with Crippen molar-refractivity contribution in [2.75, 3.05) is 16.6 Å². The zero-order chi connectivity index (χ0) is 24.3. The van der Waals surface area contributed by atoms with Crippen molar-refractivity contribution in [3.8, 4) is 17.1 Å². The molecular weight excluding hydrogens is 476 g/mol. The summed E-state index contributed by atoms with van der Waals surface area (Å²) in [7, 11) is -3.40. The number of hydrogen-bond donors (Lipinski definition) is 2. The highest BCUT2D eigenvalue weighted by atomic mass is 32.2. The number of nitrogens with one attached hydrogen (secondary N) is 2. The Bertz CT molecular complexity index is 1290. The fourth-order valence-corrected chi connectivity index (χ4v) is 5.72. The highest BCUT2D eigenvalue weighted by molar-refractivity contribution is 7.93. The number of aryl methyl sites for hydroxylation is 1. The van der Waals surface area contributed by atoms with Gasteiger partial charge in [-0.25, -0.2) is 23.4 Å². The maximum Gasteiger partial charge on any atom is 0.237 e. The predicted octanol–water partition coefficient (Wildman–Crippen LogP) is 3.74. The van der Waals surface area contributed by atoms with Crippen molar-refractivity contribution >= 4 is 38.2 Å². The number of ether oxygens (including phenoxy) is 1. The second kappa shape index (κ2) is 10.0. The van der Waals surface area contributed by atoms with Gasteiger partial charge < -0.3 is 10.1 Å². The largest absolute Gasteiger partial charge is 0.477 e. The number of hydrogen-bond acceptors (Lipinski definition) is 9. The van der Waals surface area contributed by atoms with Crippen LogP contribution >= 0.6 is 11.3 Å². The molecule has 4 rings (SSSR count). The number of thiazole rings is 1. The Hall–Kier alpha value is -3.12.